The summed E-state index contributed by atoms with van der Waals surface area (Å²) in [6.45, 7) is 5.87. The lowest BCUT2D eigenvalue weighted by molar-refractivity contribution is -0.122. The summed E-state index contributed by atoms with van der Waals surface area (Å²) in [6.07, 6.45) is 2.09. The summed E-state index contributed by atoms with van der Waals surface area (Å²) in [4.78, 5) is 39.5. The maximum atomic E-state index is 13.3. The number of amides is 4. The molecular formula is C28H24BrClN2O4. The van der Waals surface area contributed by atoms with Gasteiger partial charge in [0.25, 0.3) is 11.8 Å². The average Bonchev–Trinajstić information content (AvgIpc) is 2.79. The lowest BCUT2D eigenvalue weighted by Crippen LogP contribution is -2.54. The highest BCUT2D eigenvalue weighted by molar-refractivity contribution is 9.10. The zero-order valence-electron chi connectivity index (χ0n) is 20.2. The van der Waals surface area contributed by atoms with Gasteiger partial charge in [-0.25, -0.2) is 9.69 Å². The number of barbiturate groups is 1. The standard InChI is InChI=1S/C28H24BrClN2O4/c1-15-7-16(2)9-18(8-15)10-21-23(29)12-19(13-25(21)36-4)11-22-26(33)31-28(35)32(27(22)34)24-14-20(30)6-5-17(24)3/h5-9,11-14H,10H2,1-4H3,(H,31,33,35)/b22-11+. The zero-order chi connectivity index (χ0) is 26.1. The zero-order valence-corrected chi connectivity index (χ0v) is 22.6. The summed E-state index contributed by atoms with van der Waals surface area (Å²) in [5.41, 5.74) is 5.81. The highest BCUT2D eigenvalue weighted by atomic mass is 79.9. The largest absolute Gasteiger partial charge is 0.496 e. The summed E-state index contributed by atoms with van der Waals surface area (Å²) >= 11 is 9.73. The SMILES string of the molecule is COc1cc(/C=C2\C(=O)NC(=O)N(c3cc(Cl)ccc3C)C2=O)cc(Br)c1Cc1cc(C)cc(C)c1. The van der Waals surface area contributed by atoms with E-state index in [0.29, 0.717) is 34.0 Å². The molecule has 0 spiro atoms. The number of benzene rings is 3. The van der Waals surface area contributed by atoms with Crippen LogP contribution in [0.5, 0.6) is 5.75 Å². The van der Waals surface area contributed by atoms with E-state index in [9.17, 15) is 14.4 Å². The Balaban J connectivity index is 1.73. The van der Waals surface area contributed by atoms with E-state index in [1.165, 1.54) is 23.3 Å². The predicted octanol–water partition coefficient (Wildman–Crippen LogP) is 6.29. The Bertz CT molecular complexity index is 1430. The molecule has 1 aliphatic rings. The van der Waals surface area contributed by atoms with Gasteiger partial charge in [-0.1, -0.05) is 62.9 Å². The number of nitrogens with one attached hydrogen (secondary N) is 1. The fourth-order valence-electron chi connectivity index (χ4n) is 4.31. The molecule has 3 aromatic carbocycles. The molecule has 36 heavy (non-hydrogen) atoms. The molecule has 1 heterocycles. The van der Waals surface area contributed by atoms with Crippen molar-refractivity contribution in [3.63, 3.8) is 0 Å². The van der Waals surface area contributed by atoms with Gasteiger partial charge in [0, 0.05) is 21.5 Å². The first kappa shape index (κ1) is 25.7. The summed E-state index contributed by atoms with van der Waals surface area (Å²) in [6, 6.07) is 14.0. The maximum Gasteiger partial charge on any atom is 0.335 e. The minimum absolute atomic E-state index is 0.176. The van der Waals surface area contributed by atoms with Crippen LogP contribution < -0.4 is 15.0 Å². The Morgan fingerprint density at radius 1 is 1.00 bits per heavy atom. The van der Waals surface area contributed by atoms with Crippen molar-refractivity contribution in [3.05, 3.63) is 97.0 Å². The van der Waals surface area contributed by atoms with Gasteiger partial charge in [-0.3, -0.25) is 14.9 Å². The van der Waals surface area contributed by atoms with Crippen LogP contribution in [0.1, 0.15) is 33.4 Å². The van der Waals surface area contributed by atoms with Crippen molar-refractivity contribution in [1.29, 1.82) is 0 Å². The van der Waals surface area contributed by atoms with Crippen molar-refractivity contribution in [3.8, 4) is 5.75 Å². The van der Waals surface area contributed by atoms with Gasteiger partial charge in [0.1, 0.15) is 11.3 Å². The van der Waals surface area contributed by atoms with Crippen molar-refractivity contribution < 1.29 is 19.1 Å². The summed E-state index contributed by atoms with van der Waals surface area (Å²) in [7, 11) is 1.57. The van der Waals surface area contributed by atoms with E-state index in [2.05, 4.69) is 53.3 Å². The molecule has 0 saturated carbocycles. The monoisotopic (exact) mass is 566 g/mol. The summed E-state index contributed by atoms with van der Waals surface area (Å²) in [5.74, 6) is -0.892. The number of hydrogen-bond donors (Lipinski definition) is 1. The Hall–Kier alpha value is -3.42. The first-order valence-corrected chi connectivity index (χ1v) is 12.4. The number of methoxy groups -OCH3 is 1. The van der Waals surface area contributed by atoms with E-state index < -0.39 is 17.8 Å². The van der Waals surface area contributed by atoms with Crippen molar-refractivity contribution in [2.75, 3.05) is 12.0 Å². The van der Waals surface area contributed by atoms with E-state index in [-0.39, 0.29) is 5.57 Å². The average molecular weight is 568 g/mol. The molecule has 0 aliphatic carbocycles. The molecule has 1 saturated heterocycles. The van der Waals surface area contributed by atoms with E-state index in [4.69, 9.17) is 16.3 Å². The highest BCUT2D eigenvalue weighted by Gasteiger charge is 2.37. The molecule has 6 nitrogen and oxygen atoms in total. The molecule has 0 bridgehead atoms. The fraction of sp³-hybridized carbons (Fsp3) is 0.179. The van der Waals surface area contributed by atoms with Crippen LogP contribution in [0, 0.1) is 20.8 Å². The van der Waals surface area contributed by atoms with Gasteiger partial charge in [0.15, 0.2) is 0 Å². The number of hydrogen-bond acceptors (Lipinski definition) is 4. The van der Waals surface area contributed by atoms with Crippen LogP contribution in [0.15, 0.2) is 58.6 Å². The third-order valence-electron chi connectivity index (χ3n) is 5.88. The third-order valence-corrected chi connectivity index (χ3v) is 6.83. The molecule has 0 unspecified atom stereocenters. The minimum Gasteiger partial charge on any atom is -0.496 e. The first-order valence-electron chi connectivity index (χ1n) is 11.2. The van der Waals surface area contributed by atoms with Gasteiger partial charge in [-0.15, -0.1) is 0 Å². The van der Waals surface area contributed by atoms with Gasteiger partial charge in [-0.2, -0.15) is 0 Å². The van der Waals surface area contributed by atoms with Crippen molar-refractivity contribution in [2.45, 2.75) is 27.2 Å². The second kappa shape index (κ2) is 10.3. The van der Waals surface area contributed by atoms with Crippen molar-refractivity contribution in [2.24, 2.45) is 0 Å². The number of urea groups is 1. The van der Waals surface area contributed by atoms with Crippen LogP contribution in [0.3, 0.4) is 0 Å². The molecule has 0 atom stereocenters. The Morgan fingerprint density at radius 3 is 2.36 bits per heavy atom. The van der Waals surface area contributed by atoms with Gasteiger partial charge in [-0.05, 0) is 67.8 Å². The number of carbonyl (C=O) groups is 3. The summed E-state index contributed by atoms with van der Waals surface area (Å²) < 4.78 is 6.43. The molecule has 3 aromatic rings. The van der Waals surface area contributed by atoms with E-state index in [1.54, 1.807) is 32.2 Å². The number of aryl methyl sites for hydroxylation is 3. The van der Waals surface area contributed by atoms with Crippen LogP contribution in [0.2, 0.25) is 5.02 Å². The molecule has 184 valence electrons. The van der Waals surface area contributed by atoms with Crippen LogP contribution in [-0.2, 0) is 16.0 Å². The summed E-state index contributed by atoms with van der Waals surface area (Å²) in [5, 5.41) is 2.61. The molecule has 4 rings (SSSR count). The van der Waals surface area contributed by atoms with Crippen LogP contribution in [0.25, 0.3) is 6.08 Å². The minimum atomic E-state index is -0.824. The Labute approximate surface area is 223 Å². The molecule has 0 radical (unpaired) electrons. The second-order valence-corrected chi connectivity index (χ2v) is 10.0. The van der Waals surface area contributed by atoms with Crippen molar-refractivity contribution >= 4 is 57.1 Å². The Kier molecular flexibility index (Phi) is 7.33. The van der Waals surface area contributed by atoms with Gasteiger partial charge < -0.3 is 4.74 Å². The molecule has 1 aliphatic heterocycles. The van der Waals surface area contributed by atoms with Gasteiger partial charge in [0.05, 0.1) is 12.8 Å². The van der Waals surface area contributed by atoms with Crippen LogP contribution in [-0.4, -0.2) is 25.0 Å². The fourth-order valence-corrected chi connectivity index (χ4v) is 5.08. The normalized spacial score (nSPS) is 14.9. The van der Waals surface area contributed by atoms with E-state index >= 15 is 0 Å². The quantitative estimate of drug-likeness (QED) is 0.290. The number of nitrogens with zero attached hydrogens (tertiary/aromatic N) is 1. The van der Waals surface area contributed by atoms with Gasteiger partial charge in [0.2, 0.25) is 0 Å². The number of anilines is 1. The van der Waals surface area contributed by atoms with E-state index in [1.807, 2.05) is 6.07 Å². The van der Waals surface area contributed by atoms with Crippen molar-refractivity contribution in [1.82, 2.24) is 5.32 Å². The lowest BCUT2D eigenvalue weighted by Gasteiger charge is -2.27. The van der Waals surface area contributed by atoms with E-state index in [0.717, 1.165) is 20.5 Å². The molecule has 4 amide bonds. The number of carbonyl (C=O) groups excluding carboxylic acids is 3. The predicted molar refractivity (Wildman–Crippen MR) is 145 cm³/mol. The maximum absolute atomic E-state index is 13.3. The molecule has 8 heteroatoms. The number of rotatable bonds is 5. The molecule has 1 fully saturated rings. The lowest BCUT2D eigenvalue weighted by atomic mass is 9.98. The number of ether oxygens (including phenoxy) is 1. The topological polar surface area (TPSA) is 75.7 Å². The Morgan fingerprint density at radius 2 is 1.69 bits per heavy atom. The number of imide groups is 2. The van der Waals surface area contributed by atoms with Crippen LogP contribution in [0.4, 0.5) is 10.5 Å². The smallest absolute Gasteiger partial charge is 0.335 e. The molecule has 0 aromatic heterocycles. The molecular weight excluding hydrogens is 544 g/mol. The molecule has 1 N–H and O–H groups in total. The highest BCUT2D eigenvalue weighted by Crippen LogP contribution is 2.33. The third kappa shape index (κ3) is 5.22. The first-order chi connectivity index (χ1) is 17.1. The van der Waals surface area contributed by atoms with Crippen LogP contribution >= 0.6 is 27.5 Å². The second-order valence-electron chi connectivity index (χ2n) is 8.74. The van der Waals surface area contributed by atoms with Gasteiger partial charge >= 0.3 is 6.03 Å². The number of halogens is 2.